The van der Waals surface area contributed by atoms with E-state index >= 15 is 0 Å². The molecule has 2 aromatic carbocycles. The first-order valence-electron chi connectivity index (χ1n) is 7.79. The molecule has 0 unspecified atom stereocenters. The van der Waals surface area contributed by atoms with Crippen molar-refractivity contribution < 1.29 is 18.4 Å². The Balaban J connectivity index is 1.74. The summed E-state index contributed by atoms with van der Waals surface area (Å²) in [4.78, 5) is 23.9. The van der Waals surface area contributed by atoms with E-state index in [1.54, 1.807) is 38.1 Å². The van der Waals surface area contributed by atoms with Crippen molar-refractivity contribution in [1.29, 1.82) is 0 Å². The van der Waals surface area contributed by atoms with Crippen LogP contribution in [0.1, 0.15) is 19.4 Å². The quantitative estimate of drug-likeness (QED) is 0.785. The van der Waals surface area contributed by atoms with Gasteiger partial charge in [0.05, 0.1) is 11.1 Å². The van der Waals surface area contributed by atoms with Crippen LogP contribution in [-0.4, -0.2) is 17.6 Å². The zero-order valence-corrected chi connectivity index (χ0v) is 14.1. The Kier molecular flexibility index (Phi) is 4.41. The number of nitrogens with zero attached hydrogens (tertiary/aromatic N) is 1. The van der Waals surface area contributed by atoms with Crippen LogP contribution in [0.25, 0.3) is 0 Å². The van der Waals surface area contributed by atoms with E-state index in [0.29, 0.717) is 17.0 Å². The van der Waals surface area contributed by atoms with Crippen molar-refractivity contribution in [2.24, 2.45) is 10.5 Å². The third-order valence-electron chi connectivity index (χ3n) is 4.00. The van der Waals surface area contributed by atoms with Gasteiger partial charge in [0.2, 0.25) is 0 Å². The summed E-state index contributed by atoms with van der Waals surface area (Å²) < 4.78 is 26.1. The Morgan fingerprint density at radius 3 is 2.35 bits per heavy atom. The lowest BCUT2D eigenvalue weighted by molar-refractivity contribution is -0.125. The van der Waals surface area contributed by atoms with Gasteiger partial charge in [-0.3, -0.25) is 4.79 Å². The normalized spacial score (nSPS) is 15.2. The van der Waals surface area contributed by atoms with E-state index < -0.39 is 23.1 Å². The Bertz CT molecular complexity index is 925. The van der Waals surface area contributed by atoms with Gasteiger partial charge in [-0.15, -0.1) is 0 Å². The molecule has 2 aromatic rings. The molecule has 0 saturated heterocycles. The van der Waals surface area contributed by atoms with Crippen LogP contribution in [0.15, 0.2) is 47.6 Å². The average molecular weight is 358 g/mol. The van der Waals surface area contributed by atoms with E-state index in [1.807, 2.05) is 0 Å². The van der Waals surface area contributed by atoms with Gasteiger partial charge in [-0.25, -0.2) is 19.0 Å². The number of halogens is 2. The largest absolute Gasteiger partial charge is 0.323 e. The summed E-state index contributed by atoms with van der Waals surface area (Å²) in [6, 6.07) is 9.27. The maximum absolute atomic E-state index is 13.2. The van der Waals surface area contributed by atoms with Crippen molar-refractivity contribution >= 4 is 29.0 Å². The molecule has 1 heterocycles. The molecule has 0 aromatic heterocycles. The Morgan fingerprint density at radius 1 is 1.04 bits per heavy atom. The van der Waals surface area contributed by atoms with Crippen molar-refractivity contribution in [3.63, 3.8) is 0 Å². The summed E-state index contributed by atoms with van der Waals surface area (Å²) >= 11 is 0. The molecule has 0 atom stereocenters. The van der Waals surface area contributed by atoms with Crippen LogP contribution >= 0.6 is 0 Å². The third kappa shape index (κ3) is 3.39. The van der Waals surface area contributed by atoms with Gasteiger partial charge in [0, 0.05) is 23.0 Å². The molecular weight excluding hydrogens is 342 g/mol. The molecule has 0 bridgehead atoms. The molecule has 0 saturated carbocycles. The van der Waals surface area contributed by atoms with Gasteiger partial charge in [0.15, 0.2) is 11.6 Å². The minimum atomic E-state index is -1.05. The summed E-state index contributed by atoms with van der Waals surface area (Å²) in [6.07, 6.45) is 0. The molecular formula is C18H16F2N4O2. The number of anilines is 2. The molecule has 6 nitrogen and oxygen atoms in total. The second-order valence-electron chi connectivity index (χ2n) is 6.32. The fourth-order valence-electron chi connectivity index (χ4n) is 2.53. The van der Waals surface area contributed by atoms with Gasteiger partial charge in [-0.05, 0) is 38.1 Å². The predicted molar refractivity (Wildman–Crippen MR) is 93.9 cm³/mol. The van der Waals surface area contributed by atoms with Gasteiger partial charge in [0.1, 0.15) is 0 Å². The number of hydrazone groups is 1. The van der Waals surface area contributed by atoms with Crippen LogP contribution in [-0.2, 0) is 4.79 Å². The van der Waals surface area contributed by atoms with Crippen LogP contribution in [0.5, 0.6) is 0 Å². The summed E-state index contributed by atoms with van der Waals surface area (Å²) in [6.45, 7) is 3.51. The van der Waals surface area contributed by atoms with Crippen molar-refractivity contribution in [2.75, 3.05) is 10.6 Å². The smallest absolute Gasteiger partial charge is 0.308 e. The van der Waals surface area contributed by atoms with E-state index in [9.17, 15) is 18.4 Å². The topological polar surface area (TPSA) is 82.6 Å². The van der Waals surface area contributed by atoms with E-state index in [-0.39, 0.29) is 11.6 Å². The number of carbonyl (C=O) groups excluding carboxylic acids is 2. The maximum atomic E-state index is 13.2. The van der Waals surface area contributed by atoms with E-state index in [0.717, 1.165) is 12.1 Å². The number of hydrogen-bond acceptors (Lipinski definition) is 3. The van der Waals surface area contributed by atoms with Crippen molar-refractivity contribution in [1.82, 2.24) is 5.43 Å². The van der Waals surface area contributed by atoms with Crippen LogP contribution in [0.2, 0.25) is 0 Å². The van der Waals surface area contributed by atoms with Gasteiger partial charge >= 0.3 is 6.03 Å². The van der Waals surface area contributed by atoms with E-state index in [2.05, 4.69) is 21.2 Å². The number of benzene rings is 2. The molecule has 8 heteroatoms. The second-order valence-corrected chi connectivity index (χ2v) is 6.32. The Hall–Kier alpha value is -3.29. The minimum absolute atomic E-state index is 0.119. The summed E-state index contributed by atoms with van der Waals surface area (Å²) in [5, 5.41) is 9.07. The first-order chi connectivity index (χ1) is 12.3. The number of carbonyl (C=O) groups is 2. The molecule has 3 rings (SSSR count). The molecule has 0 radical (unpaired) electrons. The Labute approximate surface area is 148 Å². The lowest BCUT2D eigenvalue weighted by Crippen LogP contribution is -2.32. The number of hydrogen-bond donors (Lipinski definition) is 3. The third-order valence-corrected chi connectivity index (χ3v) is 4.00. The SMILES string of the molecule is CC1(C)C(=O)NN=C1c1cccc(NC(=O)Nc2ccc(F)c(F)c2)c1. The highest BCUT2D eigenvalue weighted by atomic mass is 19.2. The highest BCUT2D eigenvalue weighted by Gasteiger charge is 2.39. The number of amides is 3. The first kappa shape index (κ1) is 17.5. The number of nitrogens with one attached hydrogen (secondary N) is 3. The molecule has 3 amide bonds. The molecule has 26 heavy (non-hydrogen) atoms. The molecule has 1 aliphatic rings. The van der Waals surface area contributed by atoms with Crippen LogP contribution in [0.3, 0.4) is 0 Å². The fraction of sp³-hybridized carbons (Fsp3) is 0.167. The zero-order valence-electron chi connectivity index (χ0n) is 14.1. The monoisotopic (exact) mass is 358 g/mol. The van der Waals surface area contributed by atoms with Crippen molar-refractivity contribution in [3.05, 3.63) is 59.7 Å². The summed E-state index contributed by atoms with van der Waals surface area (Å²) in [7, 11) is 0. The Morgan fingerprint density at radius 2 is 1.73 bits per heavy atom. The lowest BCUT2D eigenvalue weighted by Gasteiger charge is -2.17. The van der Waals surface area contributed by atoms with E-state index in [4.69, 9.17) is 0 Å². The standard InChI is InChI=1S/C18H16F2N4O2/c1-18(2)15(23-24-16(18)25)10-4-3-5-11(8-10)21-17(26)22-12-6-7-13(19)14(20)9-12/h3-9H,1-2H3,(H,24,25)(H2,21,22,26). The number of rotatable bonds is 3. The van der Waals surface area contributed by atoms with Crippen LogP contribution in [0.4, 0.5) is 25.0 Å². The summed E-state index contributed by atoms with van der Waals surface area (Å²) in [5.41, 5.74) is 3.48. The molecule has 0 spiro atoms. The highest BCUT2D eigenvalue weighted by molar-refractivity contribution is 6.19. The minimum Gasteiger partial charge on any atom is -0.308 e. The molecule has 1 aliphatic heterocycles. The van der Waals surface area contributed by atoms with Crippen LogP contribution in [0, 0.1) is 17.0 Å². The lowest BCUT2D eigenvalue weighted by atomic mass is 9.84. The summed E-state index contributed by atoms with van der Waals surface area (Å²) in [5.74, 6) is -2.25. The van der Waals surface area contributed by atoms with Crippen molar-refractivity contribution in [2.45, 2.75) is 13.8 Å². The molecule has 0 aliphatic carbocycles. The fourth-order valence-corrected chi connectivity index (χ4v) is 2.53. The maximum Gasteiger partial charge on any atom is 0.323 e. The highest BCUT2D eigenvalue weighted by Crippen LogP contribution is 2.28. The average Bonchev–Trinajstić information content (AvgIpc) is 2.84. The molecule has 3 N–H and O–H groups in total. The zero-order chi connectivity index (χ0) is 18.9. The van der Waals surface area contributed by atoms with Gasteiger partial charge in [-0.2, -0.15) is 5.10 Å². The molecule has 134 valence electrons. The number of urea groups is 1. The predicted octanol–water partition coefficient (Wildman–Crippen LogP) is 3.47. The van der Waals surface area contributed by atoms with Crippen LogP contribution < -0.4 is 16.1 Å². The van der Waals surface area contributed by atoms with Gasteiger partial charge in [-0.1, -0.05) is 12.1 Å². The van der Waals surface area contributed by atoms with Gasteiger partial charge in [0.25, 0.3) is 5.91 Å². The van der Waals surface area contributed by atoms with Crippen molar-refractivity contribution in [3.8, 4) is 0 Å². The first-order valence-corrected chi connectivity index (χ1v) is 7.79. The second kappa shape index (κ2) is 6.55. The van der Waals surface area contributed by atoms with Gasteiger partial charge < -0.3 is 10.6 Å². The molecule has 0 fully saturated rings. The van der Waals surface area contributed by atoms with E-state index in [1.165, 1.54) is 6.07 Å².